The number of carbonyl (C=O) groups is 1. The van der Waals surface area contributed by atoms with Gasteiger partial charge in [-0.3, -0.25) is 0 Å². The molecule has 0 aromatic heterocycles. The predicted molar refractivity (Wildman–Crippen MR) is 53.2 cm³/mol. The standard InChI is InChI=1S/C10H10O2.CH4/c1-2-10(11)12-8-9-6-4-3-5-7-9;/h2-7H,1,8H2;1H4. The van der Waals surface area contributed by atoms with Crippen LogP contribution in [0.4, 0.5) is 0 Å². The number of carbonyl (C=O) groups excluding carboxylic acids is 1. The van der Waals surface area contributed by atoms with Crippen LogP contribution in [-0.2, 0) is 16.1 Å². The van der Waals surface area contributed by atoms with Crippen molar-refractivity contribution in [2.75, 3.05) is 0 Å². The molecule has 2 heteroatoms. The fraction of sp³-hybridized carbons (Fsp3) is 0.182. The molecule has 0 spiro atoms. The van der Waals surface area contributed by atoms with Crippen LogP contribution in [0.3, 0.4) is 0 Å². The summed E-state index contributed by atoms with van der Waals surface area (Å²) in [4.78, 5) is 10.6. The highest BCUT2D eigenvalue weighted by Gasteiger charge is 1.95. The maximum atomic E-state index is 10.6. The third-order valence-corrected chi connectivity index (χ3v) is 1.39. The van der Waals surface area contributed by atoms with E-state index in [0.717, 1.165) is 11.6 Å². The van der Waals surface area contributed by atoms with E-state index in [1.807, 2.05) is 30.3 Å². The molecule has 0 fully saturated rings. The Morgan fingerprint density at radius 1 is 1.38 bits per heavy atom. The van der Waals surface area contributed by atoms with E-state index in [0.29, 0.717) is 6.61 Å². The molecule has 0 saturated heterocycles. The molecule has 0 aliphatic rings. The Bertz CT molecular complexity index is 265. The molecule has 0 aliphatic heterocycles. The minimum absolute atomic E-state index is 0. The van der Waals surface area contributed by atoms with Crippen molar-refractivity contribution in [3.63, 3.8) is 0 Å². The van der Waals surface area contributed by atoms with E-state index in [1.165, 1.54) is 0 Å². The van der Waals surface area contributed by atoms with E-state index < -0.39 is 0 Å². The maximum Gasteiger partial charge on any atom is 0.330 e. The largest absolute Gasteiger partial charge is 0.458 e. The number of esters is 1. The quantitative estimate of drug-likeness (QED) is 0.525. The molecule has 1 aromatic rings. The van der Waals surface area contributed by atoms with Gasteiger partial charge in [0, 0.05) is 6.08 Å². The number of benzene rings is 1. The highest BCUT2D eigenvalue weighted by atomic mass is 16.5. The molecule has 0 aliphatic carbocycles. The molecule has 0 radical (unpaired) electrons. The van der Waals surface area contributed by atoms with Crippen LogP contribution in [0.1, 0.15) is 13.0 Å². The van der Waals surface area contributed by atoms with Gasteiger partial charge >= 0.3 is 5.97 Å². The van der Waals surface area contributed by atoms with E-state index in [4.69, 9.17) is 4.74 Å². The Labute approximate surface area is 78.8 Å². The van der Waals surface area contributed by atoms with Crippen LogP contribution in [0, 0.1) is 0 Å². The molecule has 70 valence electrons. The highest BCUT2D eigenvalue weighted by molar-refractivity contribution is 5.81. The van der Waals surface area contributed by atoms with Gasteiger partial charge in [0.25, 0.3) is 0 Å². The molecular weight excluding hydrogens is 164 g/mol. The maximum absolute atomic E-state index is 10.6. The van der Waals surface area contributed by atoms with Gasteiger partial charge in [-0.1, -0.05) is 44.3 Å². The predicted octanol–water partition coefficient (Wildman–Crippen LogP) is 2.55. The van der Waals surface area contributed by atoms with Crippen LogP contribution in [0.15, 0.2) is 43.0 Å². The van der Waals surface area contributed by atoms with E-state index >= 15 is 0 Å². The Hall–Kier alpha value is -1.57. The fourth-order valence-corrected chi connectivity index (χ4v) is 0.788. The molecule has 0 saturated carbocycles. The Morgan fingerprint density at radius 2 is 2.00 bits per heavy atom. The first-order valence-corrected chi connectivity index (χ1v) is 3.66. The van der Waals surface area contributed by atoms with E-state index in [-0.39, 0.29) is 13.4 Å². The van der Waals surface area contributed by atoms with E-state index in [1.54, 1.807) is 0 Å². The van der Waals surface area contributed by atoms with Gasteiger partial charge in [-0.25, -0.2) is 4.79 Å². The zero-order chi connectivity index (χ0) is 8.81. The van der Waals surface area contributed by atoms with Crippen molar-refractivity contribution in [2.45, 2.75) is 14.0 Å². The van der Waals surface area contributed by atoms with Gasteiger partial charge in [0.1, 0.15) is 6.61 Å². The molecule has 2 nitrogen and oxygen atoms in total. The first-order chi connectivity index (χ1) is 5.83. The Morgan fingerprint density at radius 3 is 2.54 bits per heavy atom. The third kappa shape index (κ3) is 4.11. The molecule has 1 rings (SSSR count). The molecular formula is C11H14O2. The number of ether oxygens (including phenoxy) is 1. The zero-order valence-electron chi connectivity index (χ0n) is 6.69. The normalized spacial score (nSPS) is 8.31. The molecule has 1 aromatic carbocycles. The summed E-state index contributed by atoms with van der Waals surface area (Å²) in [6, 6.07) is 9.51. The molecule has 0 atom stereocenters. The topological polar surface area (TPSA) is 26.3 Å². The third-order valence-electron chi connectivity index (χ3n) is 1.39. The molecule has 0 N–H and O–H groups in total. The van der Waals surface area contributed by atoms with Gasteiger partial charge in [-0.15, -0.1) is 0 Å². The van der Waals surface area contributed by atoms with E-state index in [2.05, 4.69) is 6.58 Å². The van der Waals surface area contributed by atoms with E-state index in [9.17, 15) is 4.79 Å². The molecule has 13 heavy (non-hydrogen) atoms. The first kappa shape index (κ1) is 11.4. The summed E-state index contributed by atoms with van der Waals surface area (Å²) in [7, 11) is 0. The Kier molecular flexibility index (Phi) is 5.28. The van der Waals surface area contributed by atoms with Gasteiger partial charge in [-0.2, -0.15) is 0 Å². The minimum atomic E-state index is -0.390. The first-order valence-electron chi connectivity index (χ1n) is 3.66. The lowest BCUT2D eigenvalue weighted by Gasteiger charge is -2.00. The van der Waals surface area contributed by atoms with Crippen molar-refractivity contribution in [3.05, 3.63) is 48.6 Å². The number of rotatable bonds is 3. The van der Waals surface area contributed by atoms with Crippen LogP contribution >= 0.6 is 0 Å². The number of hydrogen-bond acceptors (Lipinski definition) is 2. The second-order valence-corrected chi connectivity index (χ2v) is 2.30. The molecule has 0 unspecified atom stereocenters. The van der Waals surface area contributed by atoms with Crippen LogP contribution in [-0.4, -0.2) is 5.97 Å². The van der Waals surface area contributed by atoms with Gasteiger partial charge in [0.2, 0.25) is 0 Å². The summed E-state index contributed by atoms with van der Waals surface area (Å²) in [5.41, 5.74) is 0.979. The van der Waals surface area contributed by atoms with Crippen LogP contribution < -0.4 is 0 Å². The van der Waals surface area contributed by atoms with Crippen molar-refractivity contribution in [3.8, 4) is 0 Å². The summed E-state index contributed by atoms with van der Waals surface area (Å²) in [6.07, 6.45) is 1.16. The van der Waals surface area contributed by atoms with Crippen molar-refractivity contribution in [2.24, 2.45) is 0 Å². The van der Waals surface area contributed by atoms with Gasteiger partial charge in [0.05, 0.1) is 0 Å². The van der Waals surface area contributed by atoms with Crippen molar-refractivity contribution in [1.29, 1.82) is 0 Å². The zero-order valence-corrected chi connectivity index (χ0v) is 6.69. The van der Waals surface area contributed by atoms with Crippen LogP contribution in [0.2, 0.25) is 0 Å². The lowest BCUT2D eigenvalue weighted by molar-refractivity contribution is -0.138. The van der Waals surface area contributed by atoms with Gasteiger partial charge < -0.3 is 4.74 Å². The second kappa shape index (κ2) is 6.00. The average Bonchev–Trinajstić information content (AvgIpc) is 2.16. The van der Waals surface area contributed by atoms with Crippen LogP contribution in [0.25, 0.3) is 0 Å². The summed E-state index contributed by atoms with van der Waals surface area (Å²) in [6.45, 7) is 3.61. The summed E-state index contributed by atoms with van der Waals surface area (Å²) >= 11 is 0. The van der Waals surface area contributed by atoms with Crippen LogP contribution in [0.5, 0.6) is 0 Å². The monoisotopic (exact) mass is 178 g/mol. The van der Waals surface area contributed by atoms with Crippen molar-refractivity contribution in [1.82, 2.24) is 0 Å². The molecule has 0 bridgehead atoms. The average molecular weight is 178 g/mol. The van der Waals surface area contributed by atoms with Gasteiger partial charge in [-0.05, 0) is 5.56 Å². The fourth-order valence-electron chi connectivity index (χ4n) is 0.788. The summed E-state index contributed by atoms with van der Waals surface area (Å²) < 4.78 is 4.82. The second-order valence-electron chi connectivity index (χ2n) is 2.30. The van der Waals surface area contributed by atoms with Gasteiger partial charge in [0.15, 0.2) is 0 Å². The SMILES string of the molecule is C.C=CC(=O)OCc1ccccc1. The lowest BCUT2D eigenvalue weighted by Crippen LogP contribution is -1.99. The number of hydrogen-bond donors (Lipinski definition) is 0. The minimum Gasteiger partial charge on any atom is -0.458 e. The highest BCUT2D eigenvalue weighted by Crippen LogP contribution is 2.00. The van der Waals surface area contributed by atoms with Crippen molar-refractivity contribution >= 4 is 5.97 Å². The lowest BCUT2D eigenvalue weighted by atomic mass is 10.2. The summed E-state index contributed by atoms with van der Waals surface area (Å²) in [5.74, 6) is -0.390. The Balaban J connectivity index is 0.00000144. The van der Waals surface area contributed by atoms with Crippen molar-refractivity contribution < 1.29 is 9.53 Å². The smallest absolute Gasteiger partial charge is 0.330 e. The molecule has 0 heterocycles. The molecule has 0 amide bonds. The summed E-state index contributed by atoms with van der Waals surface area (Å²) in [5, 5.41) is 0.